The van der Waals surface area contributed by atoms with E-state index in [1.807, 2.05) is 35.7 Å². The highest BCUT2D eigenvalue weighted by Crippen LogP contribution is 2.31. The van der Waals surface area contributed by atoms with E-state index in [9.17, 15) is 4.79 Å². The Kier molecular flexibility index (Phi) is 7.10. The maximum Gasteiger partial charge on any atom is 0.257 e. The summed E-state index contributed by atoms with van der Waals surface area (Å²) in [5, 5.41) is 11.2. The van der Waals surface area contributed by atoms with Crippen LogP contribution in [0.5, 0.6) is 0 Å². The highest BCUT2D eigenvalue weighted by atomic mass is 32.2. The molecule has 9 heteroatoms. The van der Waals surface area contributed by atoms with E-state index >= 15 is 0 Å². The Hall–Kier alpha value is -2.91. The van der Waals surface area contributed by atoms with Gasteiger partial charge in [-0.3, -0.25) is 9.36 Å². The van der Waals surface area contributed by atoms with E-state index in [-0.39, 0.29) is 5.91 Å². The standard InChI is InChI=1S/C25H27N5O2S2/c1-2-14-29(16-22-27-28-24(32-22)21-13-8-15-33-21)23(31)17-34-25-26-19-11-6-7-12-20(19)30(25)18-9-4-3-5-10-18/h3-5,8-10,13,15H,2,6-7,11-12,14,16-17H2,1H3. The average Bonchev–Trinajstić information content (AvgIpc) is 3.62. The fourth-order valence-electron chi connectivity index (χ4n) is 4.22. The van der Waals surface area contributed by atoms with Crippen molar-refractivity contribution in [3.8, 4) is 16.5 Å². The Bertz CT molecular complexity index is 1230. The van der Waals surface area contributed by atoms with Gasteiger partial charge in [0.2, 0.25) is 11.8 Å². The van der Waals surface area contributed by atoms with Crippen LogP contribution in [0.15, 0.2) is 57.4 Å². The highest BCUT2D eigenvalue weighted by molar-refractivity contribution is 7.99. The fraction of sp³-hybridized carbons (Fsp3) is 0.360. The van der Waals surface area contributed by atoms with Gasteiger partial charge >= 0.3 is 0 Å². The molecule has 1 amide bonds. The molecule has 0 unspecified atom stereocenters. The smallest absolute Gasteiger partial charge is 0.257 e. The Balaban J connectivity index is 1.31. The Labute approximate surface area is 207 Å². The number of imidazole rings is 1. The van der Waals surface area contributed by atoms with Crippen LogP contribution >= 0.6 is 23.1 Å². The third kappa shape index (κ3) is 4.95. The van der Waals surface area contributed by atoms with Crippen molar-refractivity contribution in [2.24, 2.45) is 0 Å². The van der Waals surface area contributed by atoms with E-state index in [4.69, 9.17) is 9.40 Å². The van der Waals surface area contributed by atoms with E-state index in [1.54, 1.807) is 16.2 Å². The number of aromatic nitrogens is 4. The summed E-state index contributed by atoms with van der Waals surface area (Å²) in [6.45, 7) is 3.02. The maximum atomic E-state index is 13.2. The number of hydrogen-bond acceptors (Lipinski definition) is 7. The summed E-state index contributed by atoms with van der Waals surface area (Å²) in [6.07, 6.45) is 5.23. The van der Waals surface area contributed by atoms with Crippen molar-refractivity contribution >= 4 is 29.0 Å². The first kappa shape index (κ1) is 22.9. The molecule has 3 heterocycles. The lowest BCUT2D eigenvalue weighted by Gasteiger charge is -2.20. The molecule has 1 aliphatic rings. The number of nitrogens with zero attached hydrogens (tertiary/aromatic N) is 5. The van der Waals surface area contributed by atoms with Crippen molar-refractivity contribution in [3.05, 3.63) is 65.1 Å². The van der Waals surface area contributed by atoms with Gasteiger partial charge in [0, 0.05) is 17.9 Å². The minimum absolute atomic E-state index is 0.0447. The van der Waals surface area contributed by atoms with Gasteiger partial charge in [0.25, 0.3) is 5.89 Å². The van der Waals surface area contributed by atoms with Crippen LogP contribution in [0.2, 0.25) is 0 Å². The molecule has 3 aromatic heterocycles. The zero-order valence-corrected chi connectivity index (χ0v) is 20.8. The van der Waals surface area contributed by atoms with Gasteiger partial charge in [-0.15, -0.1) is 21.5 Å². The number of amides is 1. The van der Waals surface area contributed by atoms with Crippen LogP contribution in [0.3, 0.4) is 0 Å². The van der Waals surface area contributed by atoms with E-state index in [2.05, 4.69) is 33.8 Å². The van der Waals surface area contributed by atoms with E-state index in [0.29, 0.717) is 30.6 Å². The van der Waals surface area contributed by atoms with Crippen molar-refractivity contribution in [2.75, 3.05) is 12.3 Å². The number of thiophene rings is 1. The summed E-state index contributed by atoms with van der Waals surface area (Å²) in [7, 11) is 0. The lowest BCUT2D eigenvalue weighted by molar-refractivity contribution is -0.129. The SMILES string of the molecule is CCCN(Cc1nnc(-c2cccs2)o1)C(=O)CSc1nc2c(n1-c1ccccc1)CCCC2. The first-order valence-electron chi connectivity index (χ1n) is 11.7. The first-order chi connectivity index (χ1) is 16.7. The number of benzene rings is 1. The van der Waals surface area contributed by atoms with Crippen molar-refractivity contribution in [2.45, 2.75) is 50.7 Å². The lowest BCUT2D eigenvalue weighted by Crippen LogP contribution is -2.32. The fourth-order valence-corrected chi connectivity index (χ4v) is 5.81. The van der Waals surface area contributed by atoms with Crippen molar-refractivity contribution in [1.29, 1.82) is 0 Å². The number of carbonyl (C=O) groups is 1. The maximum absolute atomic E-state index is 13.2. The number of fused-ring (bicyclic) bond motifs is 1. The molecule has 176 valence electrons. The number of para-hydroxylation sites is 1. The second-order valence-corrected chi connectivity index (χ2v) is 10.1. The predicted molar refractivity (Wildman–Crippen MR) is 134 cm³/mol. The van der Waals surface area contributed by atoms with Crippen LogP contribution in [0.1, 0.15) is 43.5 Å². The molecule has 5 rings (SSSR count). The minimum atomic E-state index is 0.0447. The van der Waals surface area contributed by atoms with Crippen LogP contribution in [-0.4, -0.2) is 42.9 Å². The summed E-state index contributed by atoms with van der Waals surface area (Å²) in [5.41, 5.74) is 3.55. The van der Waals surface area contributed by atoms with Gasteiger partial charge in [-0.05, 0) is 55.7 Å². The Morgan fingerprint density at radius 3 is 2.79 bits per heavy atom. The monoisotopic (exact) mass is 493 g/mol. The normalized spacial score (nSPS) is 13.1. The van der Waals surface area contributed by atoms with Crippen LogP contribution in [-0.2, 0) is 24.2 Å². The summed E-state index contributed by atoms with van der Waals surface area (Å²) in [4.78, 5) is 20.9. The first-order valence-corrected chi connectivity index (χ1v) is 13.5. The molecule has 34 heavy (non-hydrogen) atoms. The van der Waals surface area contributed by atoms with Gasteiger partial charge in [0.15, 0.2) is 5.16 Å². The lowest BCUT2D eigenvalue weighted by atomic mass is 10.0. The van der Waals surface area contributed by atoms with Crippen LogP contribution in [0.4, 0.5) is 0 Å². The summed E-state index contributed by atoms with van der Waals surface area (Å²) in [6, 6.07) is 14.2. The van der Waals surface area contributed by atoms with E-state index in [1.165, 1.54) is 36.0 Å². The van der Waals surface area contributed by atoms with Gasteiger partial charge in [-0.2, -0.15) is 0 Å². The van der Waals surface area contributed by atoms with E-state index < -0.39 is 0 Å². The number of rotatable bonds is 9. The average molecular weight is 494 g/mol. The topological polar surface area (TPSA) is 77.1 Å². The molecule has 0 N–H and O–H groups in total. The van der Waals surface area contributed by atoms with Gasteiger partial charge in [0.1, 0.15) is 0 Å². The quantitative estimate of drug-likeness (QED) is 0.291. The molecule has 4 aromatic rings. The third-order valence-electron chi connectivity index (χ3n) is 5.81. The van der Waals surface area contributed by atoms with Crippen molar-refractivity contribution in [1.82, 2.24) is 24.6 Å². The third-order valence-corrected chi connectivity index (χ3v) is 7.59. The molecule has 1 aromatic carbocycles. The number of carbonyl (C=O) groups excluding carboxylic acids is 1. The molecule has 0 saturated carbocycles. The molecule has 0 fully saturated rings. The second kappa shape index (κ2) is 10.6. The summed E-state index contributed by atoms with van der Waals surface area (Å²) >= 11 is 3.06. The highest BCUT2D eigenvalue weighted by Gasteiger charge is 2.23. The molecule has 0 saturated heterocycles. The van der Waals surface area contributed by atoms with Crippen molar-refractivity contribution in [3.63, 3.8) is 0 Å². The molecule has 1 aliphatic carbocycles. The number of hydrogen-bond donors (Lipinski definition) is 0. The molecule has 7 nitrogen and oxygen atoms in total. The van der Waals surface area contributed by atoms with Gasteiger partial charge in [-0.1, -0.05) is 43.0 Å². The molecule has 0 spiro atoms. The molecule has 0 bridgehead atoms. The zero-order valence-electron chi connectivity index (χ0n) is 19.1. The number of thioether (sulfide) groups is 1. The molecular weight excluding hydrogens is 466 g/mol. The van der Waals surface area contributed by atoms with Gasteiger partial charge in [0.05, 0.1) is 22.9 Å². The Morgan fingerprint density at radius 2 is 2.00 bits per heavy atom. The second-order valence-electron chi connectivity index (χ2n) is 8.25. The van der Waals surface area contributed by atoms with Crippen LogP contribution < -0.4 is 0 Å². The zero-order chi connectivity index (χ0) is 23.3. The molecule has 0 radical (unpaired) electrons. The molecular formula is C25H27N5O2S2. The van der Waals surface area contributed by atoms with E-state index in [0.717, 1.165) is 35.0 Å². The minimum Gasteiger partial charge on any atom is -0.418 e. The van der Waals surface area contributed by atoms with Crippen LogP contribution in [0, 0.1) is 0 Å². The number of aryl methyl sites for hydroxylation is 1. The molecule has 0 aliphatic heterocycles. The van der Waals surface area contributed by atoms with Gasteiger partial charge in [-0.25, -0.2) is 4.98 Å². The largest absolute Gasteiger partial charge is 0.418 e. The summed E-state index contributed by atoms with van der Waals surface area (Å²) in [5.74, 6) is 1.31. The predicted octanol–water partition coefficient (Wildman–Crippen LogP) is 5.39. The van der Waals surface area contributed by atoms with Crippen molar-refractivity contribution < 1.29 is 9.21 Å². The summed E-state index contributed by atoms with van der Waals surface area (Å²) < 4.78 is 8.06. The molecule has 0 atom stereocenters. The van der Waals surface area contributed by atoms with Gasteiger partial charge < -0.3 is 9.32 Å². The van der Waals surface area contributed by atoms with Crippen LogP contribution in [0.25, 0.3) is 16.5 Å². The Morgan fingerprint density at radius 1 is 1.15 bits per heavy atom.